The first-order valence-corrected chi connectivity index (χ1v) is 5.93. The van der Waals surface area contributed by atoms with Crippen molar-refractivity contribution < 1.29 is 0 Å². The van der Waals surface area contributed by atoms with Gasteiger partial charge in [0.25, 0.3) is 0 Å². The molecule has 1 rings (SSSR count). The third-order valence-corrected chi connectivity index (χ3v) is 3.72. The molecule has 0 spiro atoms. The first-order chi connectivity index (χ1) is 5.83. The molecular formula is C9H20N2S. The van der Waals surface area contributed by atoms with Crippen LogP contribution in [0.2, 0.25) is 0 Å². The predicted molar refractivity (Wildman–Crippen MR) is 56.6 cm³/mol. The van der Waals surface area contributed by atoms with Gasteiger partial charge in [-0.3, -0.25) is 0 Å². The van der Waals surface area contributed by atoms with Gasteiger partial charge in [0, 0.05) is 17.0 Å². The van der Waals surface area contributed by atoms with Crippen molar-refractivity contribution in [1.82, 2.24) is 5.32 Å². The summed E-state index contributed by atoms with van der Waals surface area (Å²) in [5, 5.41) is 4.24. The number of rotatable bonds is 5. The van der Waals surface area contributed by atoms with Gasteiger partial charge in [-0.1, -0.05) is 6.92 Å². The lowest BCUT2D eigenvalue weighted by atomic mass is 10.3. The van der Waals surface area contributed by atoms with Crippen molar-refractivity contribution in [3.05, 3.63) is 0 Å². The summed E-state index contributed by atoms with van der Waals surface area (Å²) in [6.07, 6.45) is 3.87. The fourth-order valence-corrected chi connectivity index (χ4v) is 2.65. The normalized spacial score (nSPS) is 26.0. The maximum atomic E-state index is 5.48. The number of thioether (sulfide) groups is 1. The molecule has 3 N–H and O–H groups in total. The van der Waals surface area contributed by atoms with Crippen LogP contribution in [0.25, 0.3) is 0 Å². The summed E-state index contributed by atoms with van der Waals surface area (Å²) in [5.41, 5.74) is 5.48. The fourth-order valence-electron chi connectivity index (χ4n) is 1.50. The molecule has 0 radical (unpaired) electrons. The van der Waals surface area contributed by atoms with Crippen LogP contribution in [0.5, 0.6) is 0 Å². The average molecular weight is 188 g/mol. The van der Waals surface area contributed by atoms with Gasteiger partial charge in [-0.25, -0.2) is 0 Å². The zero-order chi connectivity index (χ0) is 8.81. The lowest BCUT2D eigenvalue weighted by molar-refractivity contribution is 0.671. The summed E-state index contributed by atoms with van der Waals surface area (Å²) < 4.78 is 0. The highest BCUT2D eigenvalue weighted by Crippen LogP contribution is 2.18. The predicted octanol–water partition coefficient (Wildman–Crippen LogP) is 1.21. The van der Waals surface area contributed by atoms with E-state index in [1.54, 1.807) is 0 Å². The molecule has 0 bridgehead atoms. The second-order valence-corrected chi connectivity index (χ2v) is 4.99. The van der Waals surface area contributed by atoms with Gasteiger partial charge in [-0.05, 0) is 32.4 Å². The van der Waals surface area contributed by atoms with E-state index in [9.17, 15) is 0 Å². The highest BCUT2D eigenvalue weighted by molar-refractivity contribution is 7.99. The summed E-state index contributed by atoms with van der Waals surface area (Å²) in [5.74, 6) is 1.27. The summed E-state index contributed by atoms with van der Waals surface area (Å²) in [4.78, 5) is 0. The molecule has 1 aliphatic rings. The molecule has 0 aliphatic carbocycles. The van der Waals surface area contributed by atoms with Gasteiger partial charge in [0.2, 0.25) is 0 Å². The van der Waals surface area contributed by atoms with Crippen LogP contribution < -0.4 is 11.1 Å². The Labute approximate surface area is 79.7 Å². The molecule has 0 aromatic carbocycles. The van der Waals surface area contributed by atoms with E-state index in [0.717, 1.165) is 24.3 Å². The van der Waals surface area contributed by atoms with Gasteiger partial charge in [0.05, 0.1) is 0 Å². The smallest absolute Gasteiger partial charge is 0.0158 e. The number of hydrogen-bond acceptors (Lipinski definition) is 3. The number of nitrogens with two attached hydrogens (primary N) is 1. The molecule has 0 aromatic rings. The standard InChI is InChI=1S/C9H20N2S/c1-8(4-5-10)12-7-9-3-2-6-11-9/h8-9,11H,2-7,10H2,1H3/t8?,9-/m1/s1. The van der Waals surface area contributed by atoms with Gasteiger partial charge < -0.3 is 11.1 Å². The lowest BCUT2D eigenvalue weighted by Gasteiger charge is -2.13. The average Bonchev–Trinajstić information content (AvgIpc) is 2.53. The minimum Gasteiger partial charge on any atom is -0.330 e. The monoisotopic (exact) mass is 188 g/mol. The van der Waals surface area contributed by atoms with Crippen LogP contribution >= 0.6 is 11.8 Å². The fraction of sp³-hybridized carbons (Fsp3) is 1.00. The zero-order valence-corrected chi connectivity index (χ0v) is 8.70. The van der Waals surface area contributed by atoms with E-state index in [2.05, 4.69) is 24.0 Å². The third-order valence-electron chi connectivity index (χ3n) is 2.32. The zero-order valence-electron chi connectivity index (χ0n) is 7.88. The van der Waals surface area contributed by atoms with Crippen LogP contribution in [-0.4, -0.2) is 30.1 Å². The van der Waals surface area contributed by atoms with Gasteiger partial charge in [-0.2, -0.15) is 11.8 Å². The van der Waals surface area contributed by atoms with Crippen LogP contribution in [0.15, 0.2) is 0 Å². The maximum absolute atomic E-state index is 5.48. The molecule has 1 aliphatic heterocycles. The highest BCUT2D eigenvalue weighted by Gasteiger charge is 2.14. The molecule has 0 amide bonds. The first kappa shape index (κ1) is 10.4. The highest BCUT2D eigenvalue weighted by atomic mass is 32.2. The lowest BCUT2D eigenvalue weighted by Crippen LogP contribution is -2.24. The van der Waals surface area contributed by atoms with Crippen molar-refractivity contribution in [2.75, 3.05) is 18.8 Å². The van der Waals surface area contributed by atoms with Crippen molar-refractivity contribution in [3.63, 3.8) is 0 Å². The summed E-state index contributed by atoms with van der Waals surface area (Å²) in [6, 6.07) is 0.773. The Morgan fingerprint density at radius 3 is 3.08 bits per heavy atom. The molecule has 0 saturated carbocycles. The molecule has 1 fully saturated rings. The third kappa shape index (κ3) is 3.78. The summed E-state index contributed by atoms with van der Waals surface area (Å²) in [6.45, 7) is 4.31. The van der Waals surface area contributed by atoms with Gasteiger partial charge in [0.1, 0.15) is 0 Å². The first-order valence-electron chi connectivity index (χ1n) is 4.88. The number of hydrogen-bond donors (Lipinski definition) is 2. The summed E-state index contributed by atoms with van der Waals surface area (Å²) in [7, 11) is 0. The molecule has 2 atom stereocenters. The van der Waals surface area contributed by atoms with Crippen molar-refractivity contribution in [1.29, 1.82) is 0 Å². The van der Waals surface area contributed by atoms with Crippen molar-refractivity contribution in [2.45, 2.75) is 37.5 Å². The Balaban J connectivity index is 1.99. The van der Waals surface area contributed by atoms with Crippen LogP contribution in [-0.2, 0) is 0 Å². The molecule has 12 heavy (non-hydrogen) atoms. The molecule has 0 aromatic heterocycles. The molecular weight excluding hydrogens is 168 g/mol. The van der Waals surface area contributed by atoms with E-state index in [1.807, 2.05) is 0 Å². The molecule has 1 saturated heterocycles. The van der Waals surface area contributed by atoms with E-state index in [-0.39, 0.29) is 0 Å². The molecule has 72 valence electrons. The number of nitrogens with one attached hydrogen (secondary N) is 1. The SMILES string of the molecule is CC(CCN)SC[C@H]1CCCN1. The van der Waals surface area contributed by atoms with Crippen molar-refractivity contribution in [3.8, 4) is 0 Å². The second-order valence-electron chi connectivity index (χ2n) is 3.51. The minimum atomic E-state index is 0.734. The van der Waals surface area contributed by atoms with Crippen molar-refractivity contribution >= 4 is 11.8 Å². The minimum absolute atomic E-state index is 0.734. The Kier molecular flexibility index (Phi) is 5.04. The Bertz CT molecular complexity index is 113. The van der Waals surface area contributed by atoms with E-state index < -0.39 is 0 Å². The van der Waals surface area contributed by atoms with Crippen LogP contribution in [0.1, 0.15) is 26.2 Å². The quantitative estimate of drug-likeness (QED) is 0.681. The summed E-state index contributed by atoms with van der Waals surface area (Å²) >= 11 is 2.06. The van der Waals surface area contributed by atoms with E-state index in [1.165, 1.54) is 25.1 Å². The maximum Gasteiger partial charge on any atom is 0.0158 e. The van der Waals surface area contributed by atoms with E-state index in [0.29, 0.717) is 0 Å². The van der Waals surface area contributed by atoms with E-state index in [4.69, 9.17) is 5.73 Å². The molecule has 1 unspecified atom stereocenters. The topological polar surface area (TPSA) is 38.0 Å². The molecule has 3 heteroatoms. The molecule has 1 heterocycles. The largest absolute Gasteiger partial charge is 0.330 e. The second kappa shape index (κ2) is 5.84. The van der Waals surface area contributed by atoms with Crippen LogP contribution in [0.4, 0.5) is 0 Å². The molecule has 2 nitrogen and oxygen atoms in total. The Morgan fingerprint density at radius 2 is 2.50 bits per heavy atom. The van der Waals surface area contributed by atoms with Crippen LogP contribution in [0, 0.1) is 0 Å². The van der Waals surface area contributed by atoms with Gasteiger partial charge >= 0.3 is 0 Å². The van der Waals surface area contributed by atoms with Gasteiger partial charge in [-0.15, -0.1) is 0 Å². The Morgan fingerprint density at radius 1 is 1.67 bits per heavy atom. The van der Waals surface area contributed by atoms with Crippen LogP contribution in [0.3, 0.4) is 0 Å². The van der Waals surface area contributed by atoms with E-state index >= 15 is 0 Å². The van der Waals surface area contributed by atoms with Gasteiger partial charge in [0.15, 0.2) is 0 Å². The Hall–Kier alpha value is 0.270. The van der Waals surface area contributed by atoms with Crippen molar-refractivity contribution in [2.24, 2.45) is 5.73 Å².